The van der Waals surface area contributed by atoms with Gasteiger partial charge in [-0.05, 0) is 6.42 Å². The molecule has 0 bridgehead atoms. The SMILES string of the molecule is CCCCCCCC(=O)c1ccc(C(F)(F)C(F)(F)C(F)(F)C(F)(F)C(F)(F)C(F)(F)F)cc1. The van der Waals surface area contributed by atoms with Gasteiger partial charge in [-0.1, -0.05) is 56.9 Å². The normalized spacial score (nSPS) is 14.4. The van der Waals surface area contributed by atoms with E-state index < -0.39 is 47.1 Å². The molecule has 0 aliphatic carbocycles. The summed E-state index contributed by atoms with van der Waals surface area (Å²) in [5, 5.41) is 0. The molecule has 196 valence electrons. The Morgan fingerprint density at radius 1 is 0.618 bits per heavy atom. The van der Waals surface area contributed by atoms with Crippen molar-refractivity contribution >= 4 is 5.78 Å². The minimum atomic E-state index is -7.95. The van der Waals surface area contributed by atoms with Gasteiger partial charge >= 0.3 is 35.8 Å². The van der Waals surface area contributed by atoms with Crippen LogP contribution in [0.5, 0.6) is 0 Å². The van der Waals surface area contributed by atoms with Crippen LogP contribution in [-0.2, 0) is 5.92 Å². The predicted octanol–water partition coefficient (Wildman–Crippen LogP) is 8.43. The van der Waals surface area contributed by atoms with Crippen molar-refractivity contribution in [3.63, 3.8) is 0 Å². The van der Waals surface area contributed by atoms with Gasteiger partial charge in [0, 0.05) is 17.5 Å². The van der Waals surface area contributed by atoms with Gasteiger partial charge in [0.05, 0.1) is 0 Å². The summed E-state index contributed by atoms with van der Waals surface area (Å²) >= 11 is 0. The second kappa shape index (κ2) is 9.92. The Hall–Kier alpha value is -2.02. The zero-order valence-electron chi connectivity index (χ0n) is 17.4. The summed E-state index contributed by atoms with van der Waals surface area (Å²) in [7, 11) is 0. The molecule has 0 fully saturated rings. The monoisotopic (exact) mass is 522 g/mol. The summed E-state index contributed by atoms with van der Waals surface area (Å²) in [6.45, 7) is 1.94. The number of rotatable bonds is 12. The first-order valence-electron chi connectivity index (χ1n) is 9.79. The van der Waals surface area contributed by atoms with Crippen LogP contribution in [0, 0.1) is 0 Å². The first kappa shape index (κ1) is 30.0. The van der Waals surface area contributed by atoms with Gasteiger partial charge in [-0.2, -0.15) is 57.1 Å². The number of Topliss-reactive ketones (excluding diaryl/α,β-unsaturated/α-hetero) is 1. The molecule has 0 spiro atoms. The standard InChI is InChI=1S/C20H19F13O/c1-2-3-4-5-6-7-14(34)12-8-10-13(11-9-12)15(21,22)16(23,24)17(25,26)18(27,28)19(29,30)20(31,32)33/h8-11H,2-7H2,1H3. The Labute approximate surface area is 185 Å². The van der Waals surface area contributed by atoms with Crippen molar-refractivity contribution in [1.82, 2.24) is 0 Å². The van der Waals surface area contributed by atoms with E-state index in [0.29, 0.717) is 25.0 Å². The second-order valence-electron chi connectivity index (χ2n) is 7.53. The Bertz CT molecular complexity index is 826. The first-order chi connectivity index (χ1) is 15.2. The van der Waals surface area contributed by atoms with Crippen molar-refractivity contribution in [3.8, 4) is 0 Å². The van der Waals surface area contributed by atoms with E-state index in [4.69, 9.17) is 0 Å². The average Bonchev–Trinajstić information content (AvgIpc) is 2.72. The van der Waals surface area contributed by atoms with Crippen LogP contribution in [0.2, 0.25) is 0 Å². The van der Waals surface area contributed by atoms with Crippen molar-refractivity contribution in [2.75, 3.05) is 0 Å². The number of unbranched alkanes of at least 4 members (excludes halogenated alkanes) is 4. The lowest BCUT2D eigenvalue weighted by Crippen LogP contribution is -2.69. The quantitative estimate of drug-likeness (QED) is 0.153. The molecule has 1 nitrogen and oxygen atoms in total. The molecule has 1 aromatic carbocycles. The number of benzene rings is 1. The summed E-state index contributed by atoms with van der Waals surface area (Å²) in [4.78, 5) is 12.0. The fraction of sp³-hybridized carbons (Fsp3) is 0.650. The van der Waals surface area contributed by atoms with Crippen LogP contribution >= 0.6 is 0 Å². The van der Waals surface area contributed by atoms with Gasteiger partial charge in [0.2, 0.25) is 0 Å². The highest BCUT2D eigenvalue weighted by Gasteiger charge is 2.90. The smallest absolute Gasteiger partial charge is 0.294 e. The number of carbonyl (C=O) groups is 1. The maximum absolute atomic E-state index is 14.1. The molecule has 0 aliphatic rings. The van der Waals surface area contributed by atoms with Crippen molar-refractivity contribution in [3.05, 3.63) is 35.4 Å². The van der Waals surface area contributed by atoms with Gasteiger partial charge in [0.1, 0.15) is 0 Å². The van der Waals surface area contributed by atoms with Crippen LogP contribution in [0.3, 0.4) is 0 Å². The highest BCUT2D eigenvalue weighted by atomic mass is 19.4. The zero-order valence-corrected chi connectivity index (χ0v) is 17.4. The lowest BCUT2D eigenvalue weighted by atomic mass is 9.90. The Morgan fingerprint density at radius 2 is 1.06 bits per heavy atom. The van der Waals surface area contributed by atoms with E-state index in [1.807, 2.05) is 6.92 Å². The summed E-state index contributed by atoms with van der Waals surface area (Å²) in [5.74, 6) is -37.9. The van der Waals surface area contributed by atoms with Gasteiger partial charge < -0.3 is 0 Å². The molecule has 0 unspecified atom stereocenters. The lowest BCUT2D eigenvalue weighted by molar-refractivity contribution is -0.441. The molecule has 1 aromatic rings. The van der Waals surface area contributed by atoms with Gasteiger partial charge in [0.15, 0.2) is 5.78 Å². The summed E-state index contributed by atoms with van der Waals surface area (Å²) in [6.07, 6.45) is -3.89. The molecule has 0 heterocycles. The van der Waals surface area contributed by atoms with Gasteiger partial charge in [-0.3, -0.25) is 4.79 Å². The van der Waals surface area contributed by atoms with E-state index in [1.165, 1.54) is 0 Å². The minimum Gasteiger partial charge on any atom is -0.294 e. The predicted molar refractivity (Wildman–Crippen MR) is 93.9 cm³/mol. The van der Waals surface area contributed by atoms with Gasteiger partial charge in [0.25, 0.3) is 0 Å². The third-order valence-corrected chi connectivity index (χ3v) is 5.01. The minimum absolute atomic E-state index is 0.00560. The van der Waals surface area contributed by atoms with E-state index in [2.05, 4.69) is 0 Å². The van der Waals surface area contributed by atoms with Crippen LogP contribution in [0.4, 0.5) is 57.1 Å². The third kappa shape index (κ3) is 5.14. The molecular weight excluding hydrogens is 503 g/mol. The van der Waals surface area contributed by atoms with Crippen LogP contribution in [-0.4, -0.2) is 35.6 Å². The van der Waals surface area contributed by atoms with Crippen LogP contribution in [0.15, 0.2) is 24.3 Å². The van der Waals surface area contributed by atoms with Crippen molar-refractivity contribution in [2.45, 2.75) is 81.2 Å². The molecule has 0 saturated carbocycles. The molecule has 0 radical (unpaired) electrons. The molecule has 0 saturated heterocycles. The van der Waals surface area contributed by atoms with E-state index in [-0.39, 0.29) is 24.1 Å². The molecule has 0 aliphatic heterocycles. The Balaban J connectivity index is 3.21. The Morgan fingerprint density at radius 3 is 1.50 bits per heavy atom. The lowest BCUT2D eigenvalue weighted by Gasteiger charge is -2.39. The molecule has 1 rings (SSSR count). The second-order valence-corrected chi connectivity index (χ2v) is 7.53. The first-order valence-corrected chi connectivity index (χ1v) is 9.79. The van der Waals surface area contributed by atoms with Gasteiger partial charge in [-0.25, -0.2) is 0 Å². The largest absolute Gasteiger partial charge is 0.460 e. The molecule has 0 atom stereocenters. The summed E-state index contributed by atoms with van der Waals surface area (Å²) in [5.41, 5.74) is -2.43. The molecule has 0 N–H and O–H groups in total. The average molecular weight is 522 g/mol. The number of carbonyl (C=O) groups excluding carboxylic acids is 1. The van der Waals surface area contributed by atoms with E-state index in [0.717, 1.165) is 19.3 Å². The van der Waals surface area contributed by atoms with E-state index >= 15 is 0 Å². The van der Waals surface area contributed by atoms with Gasteiger partial charge in [-0.15, -0.1) is 0 Å². The van der Waals surface area contributed by atoms with Crippen molar-refractivity contribution in [2.24, 2.45) is 0 Å². The van der Waals surface area contributed by atoms with E-state index in [9.17, 15) is 61.9 Å². The maximum atomic E-state index is 14.1. The number of hydrogen-bond donors (Lipinski definition) is 0. The van der Waals surface area contributed by atoms with Crippen LogP contribution in [0.25, 0.3) is 0 Å². The third-order valence-electron chi connectivity index (χ3n) is 5.01. The Kier molecular flexibility index (Phi) is 8.76. The highest BCUT2D eigenvalue weighted by Crippen LogP contribution is 2.62. The molecule has 0 aromatic heterocycles. The van der Waals surface area contributed by atoms with Crippen LogP contribution in [0.1, 0.15) is 61.4 Å². The molecule has 0 amide bonds. The number of hydrogen-bond acceptors (Lipinski definition) is 1. The van der Waals surface area contributed by atoms with Crippen LogP contribution < -0.4 is 0 Å². The summed E-state index contributed by atoms with van der Waals surface area (Å²) in [6, 6.07) is 0.977. The molecular formula is C20H19F13O. The van der Waals surface area contributed by atoms with E-state index in [1.54, 1.807) is 0 Å². The topological polar surface area (TPSA) is 17.1 Å². The maximum Gasteiger partial charge on any atom is 0.460 e. The number of halogens is 13. The fourth-order valence-corrected chi connectivity index (χ4v) is 2.85. The van der Waals surface area contributed by atoms with Crippen molar-refractivity contribution in [1.29, 1.82) is 0 Å². The zero-order chi connectivity index (χ0) is 26.8. The van der Waals surface area contributed by atoms with Crippen molar-refractivity contribution < 1.29 is 61.9 Å². The fourth-order valence-electron chi connectivity index (χ4n) is 2.85. The number of ketones is 1. The molecule has 14 heteroatoms. The number of alkyl halides is 13. The summed E-state index contributed by atoms with van der Waals surface area (Å²) < 4.78 is 172. The highest BCUT2D eigenvalue weighted by molar-refractivity contribution is 5.96. The molecule has 34 heavy (non-hydrogen) atoms.